The summed E-state index contributed by atoms with van der Waals surface area (Å²) in [6.07, 6.45) is 0.909. The van der Waals surface area contributed by atoms with Crippen molar-refractivity contribution >= 4 is 0 Å². The number of rotatable bonds is 4. The van der Waals surface area contributed by atoms with Gasteiger partial charge >= 0.3 is 0 Å². The van der Waals surface area contributed by atoms with E-state index in [9.17, 15) is 5.11 Å². The minimum atomic E-state index is -0.190. The minimum Gasteiger partial charge on any atom is -0.393 e. The van der Waals surface area contributed by atoms with Crippen molar-refractivity contribution in [2.75, 3.05) is 13.1 Å². The number of aliphatic hydroxyl groups excluding tert-OH is 1. The van der Waals surface area contributed by atoms with Gasteiger partial charge in [-0.3, -0.25) is 9.88 Å². The molecule has 2 heterocycles. The summed E-state index contributed by atoms with van der Waals surface area (Å²) in [5.41, 5.74) is 2.31. The van der Waals surface area contributed by atoms with E-state index in [-0.39, 0.29) is 6.10 Å². The molecule has 0 spiro atoms. The smallest absolute Gasteiger partial charge is 0.0552 e. The number of pyridine rings is 1. The van der Waals surface area contributed by atoms with Crippen LogP contribution in [-0.4, -0.2) is 34.2 Å². The highest BCUT2D eigenvalue weighted by atomic mass is 16.3. The molecule has 3 nitrogen and oxygen atoms in total. The normalized spacial score (nSPS) is 22.6. The van der Waals surface area contributed by atoms with Gasteiger partial charge in [-0.25, -0.2) is 0 Å². The van der Waals surface area contributed by atoms with E-state index in [4.69, 9.17) is 4.98 Å². The molecule has 18 heavy (non-hydrogen) atoms. The molecule has 1 aliphatic rings. The highest BCUT2D eigenvalue weighted by molar-refractivity contribution is 5.14. The summed E-state index contributed by atoms with van der Waals surface area (Å²) in [6.45, 7) is 9.21. The van der Waals surface area contributed by atoms with Crippen LogP contribution in [0.15, 0.2) is 18.2 Å². The van der Waals surface area contributed by atoms with E-state index in [2.05, 4.69) is 36.9 Å². The topological polar surface area (TPSA) is 36.4 Å². The van der Waals surface area contributed by atoms with E-state index in [1.807, 2.05) is 6.92 Å². The molecule has 1 aromatic heterocycles. The Balaban J connectivity index is 1.96. The van der Waals surface area contributed by atoms with Crippen LogP contribution in [0.3, 0.4) is 0 Å². The Morgan fingerprint density at radius 3 is 2.78 bits per heavy atom. The summed E-state index contributed by atoms with van der Waals surface area (Å²) in [6, 6.07) is 6.29. The average Bonchev–Trinajstić information content (AvgIpc) is 2.78. The zero-order chi connectivity index (χ0) is 13.1. The molecule has 1 aliphatic heterocycles. The number of likely N-dealkylation sites (tertiary alicyclic amines) is 1. The van der Waals surface area contributed by atoms with Crippen LogP contribution < -0.4 is 0 Å². The largest absolute Gasteiger partial charge is 0.393 e. The zero-order valence-corrected chi connectivity index (χ0v) is 11.6. The molecule has 1 aromatic rings. The molecule has 0 bridgehead atoms. The maximum Gasteiger partial charge on any atom is 0.0552 e. The third-order valence-electron chi connectivity index (χ3n) is 3.80. The lowest BCUT2D eigenvalue weighted by molar-refractivity contribution is 0.127. The quantitative estimate of drug-likeness (QED) is 0.889. The van der Waals surface area contributed by atoms with Gasteiger partial charge in [-0.05, 0) is 43.9 Å². The summed E-state index contributed by atoms with van der Waals surface area (Å²) in [5, 5.41) is 9.61. The van der Waals surface area contributed by atoms with Gasteiger partial charge in [-0.2, -0.15) is 0 Å². The van der Waals surface area contributed by atoms with Gasteiger partial charge in [0, 0.05) is 18.8 Å². The van der Waals surface area contributed by atoms with Crippen molar-refractivity contribution in [3.63, 3.8) is 0 Å². The summed E-state index contributed by atoms with van der Waals surface area (Å²) in [5.74, 6) is 0.909. The van der Waals surface area contributed by atoms with E-state index in [0.29, 0.717) is 11.8 Å². The monoisotopic (exact) mass is 248 g/mol. The standard InChI is InChI=1S/C15H24N2O/c1-11(2)15-6-4-5-14(16-15)10-17-8-7-13(9-17)12(3)18/h4-6,11-13,18H,7-10H2,1-3H3. The van der Waals surface area contributed by atoms with E-state index in [0.717, 1.165) is 31.7 Å². The Morgan fingerprint density at radius 1 is 1.39 bits per heavy atom. The highest BCUT2D eigenvalue weighted by Crippen LogP contribution is 2.21. The van der Waals surface area contributed by atoms with Crippen LogP contribution in [0.5, 0.6) is 0 Å². The Kier molecular flexibility index (Phi) is 4.36. The number of nitrogens with zero attached hydrogens (tertiary/aromatic N) is 2. The first kappa shape index (κ1) is 13.5. The van der Waals surface area contributed by atoms with Crippen LogP contribution in [0.4, 0.5) is 0 Å². The summed E-state index contributed by atoms with van der Waals surface area (Å²) in [4.78, 5) is 7.09. The van der Waals surface area contributed by atoms with Crippen molar-refractivity contribution in [2.45, 2.75) is 45.8 Å². The van der Waals surface area contributed by atoms with E-state index >= 15 is 0 Å². The first-order valence-corrected chi connectivity index (χ1v) is 6.92. The van der Waals surface area contributed by atoms with Crippen molar-refractivity contribution in [3.05, 3.63) is 29.6 Å². The van der Waals surface area contributed by atoms with Crippen LogP contribution in [0.25, 0.3) is 0 Å². The number of hydrogen-bond donors (Lipinski definition) is 1. The third kappa shape index (κ3) is 3.30. The lowest BCUT2D eigenvalue weighted by Gasteiger charge is -2.17. The molecule has 0 aromatic carbocycles. The molecule has 3 heteroatoms. The summed E-state index contributed by atoms with van der Waals surface area (Å²) >= 11 is 0. The Labute approximate surface area is 110 Å². The molecule has 1 fully saturated rings. The van der Waals surface area contributed by atoms with Crippen LogP contribution in [-0.2, 0) is 6.54 Å². The Morgan fingerprint density at radius 2 is 2.17 bits per heavy atom. The molecule has 100 valence electrons. The van der Waals surface area contributed by atoms with Gasteiger partial charge in [0.2, 0.25) is 0 Å². The van der Waals surface area contributed by atoms with E-state index in [1.54, 1.807) is 0 Å². The maximum atomic E-state index is 9.61. The van der Waals surface area contributed by atoms with Crippen LogP contribution in [0.1, 0.15) is 44.5 Å². The second-order valence-electron chi connectivity index (χ2n) is 5.73. The van der Waals surface area contributed by atoms with Crippen molar-refractivity contribution in [2.24, 2.45) is 5.92 Å². The van der Waals surface area contributed by atoms with Gasteiger partial charge in [-0.1, -0.05) is 19.9 Å². The fraction of sp³-hybridized carbons (Fsp3) is 0.667. The highest BCUT2D eigenvalue weighted by Gasteiger charge is 2.25. The molecular formula is C15H24N2O. The maximum absolute atomic E-state index is 9.61. The Hall–Kier alpha value is -0.930. The van der Waals surface area contributed by atoms with E-state index < -0.39 is 0 Å². The zero-order valence-electron chi connectivity index (χ0n) is 11.6. The van der Waals surface area contributed by atoms with Crippen molar-refractivity contribution in [1.29, 1.82) is 0 Å². The molecular weight excluding hydrogens is 224 g/mol. The molecule has 0 aliphatic carbocycles. The average molecular weight is 248 g/mol. The molecule has 0 saturated carbocycles. The fourth-order valence-corrected chi connectivity index (χ4v) is 2.54. The van der Waals surface area contributed by atoms with Crippen LogP contribution in [0.2, 0.25) is 0 Å². The predicted octanol–water partition coefficient (Wildman–Crippen LogP) is 2.41. The number of aromatic nitrogens is 1. The van der Waals surface area contributed by atoms with Gasteiger partial charge < -0.3 is 5.11 Å². The van der Waals surface area contributed by atoms with Gasteiger partial charge in [-0.15, -0.1) is 0 Å². The van der Waals surface area contributed by atoms with E-state index in [1.165, 1.54) is 5.69 Å². The number of hydrogen-bond acceptors (Lipinski definition) is 3. The lowest BCUT2D eigenvalue weighted by Crippen LogP contribution is -2.24. The van der Waals surface area contributed by atoms with Crippen molar-refractivity contribution in [1.82, 2.24) is 9.88 Å². The molecule has 1 saturated heterocycles. The Bertz CT molecular complexity index is 390. The molecule has 0 amide bonds. The second kappa shape index (κ2) is 5.81. The summed E-state index contributed by atoms with van der Waals surface area (Å²) in [7, 11) is 0. The molecule has 2 rings (SSSR count). The molecule has 1 N–H and O–H groups in total. The number of aliphatic hydroxyl groups is 1. The fourth-order valence-electron chi connectivity index (χ4n) is 2.54. The SMILES string of the molecule is CC(C)c1cccc(CN2CCC(C(C)O)C2)n1. The van der Waals surface area contributed by atoms with Gasteiger partial charge in [0.05, 0.1) is 11.8 Å². The minimum absolute atomic E-state index is 0.190. The van der Waals surface area contributed by atoms with Crippen molar-refractivity contribution in [3.8, 4) is 0 Å². The first-order chi connectivity index (χ1) is 8.56. The third-order valence-corrected chi connectivity index (χ3v) is 3.80. The van der Waals surface area contributed by atoms with Crippen LogP contribution >= 0.6 is 0 Å². The lowest BCUT2D eigenvalue weighted by atomic mass is 10.0. The van der Waals surface area contributed by atoms with Crippen molar-refractivity contribution < 1.29 is 5.11 Å². The second-order valence-corrected chi connectivity index (χ2v) is 5.73. The van der Waals surface area contributed by atoms with Gasteiger partial charge in [0.15, 0.2) is 0 Å². The van der Waals surface area contributed by atoms with Gasteiger partial charge in [0.25, 0.3) is 0 Å². The molecule has 0 radical (unpaired) electrons. The summed E-state index contributed by atoms with van der Waals surface area (Å²) < 4.78 is 0. The first-order valence-electron chi connectivity index (χ1n) is 6.92. The van der Waals surface area contributed by atoms with Gasteiger partial charge in [0.1, 0.15) is 0 Å². The van der Waals surface area contributed by atoms with Crippen LogP contribution in [0, 0.1) is 5.92 Å². The molecule has 2 atom stereocenters. The molecule has 2 unspecified atom stereocenters. The predicted molar refractivity (Wildman–Crippen MR) is 73.4 cm³/mol.